The number of hydrogen-bond acceptors (Lipinski definition) is 6. The molecule has 0 radical (unpaired) electrons. The summed E-state index contributed by atoms with van der Waals surface area (Å²) in [6.45, 7) is 8.70. The SMILES string of the molecule is CCOC(=O)CS(=O)(=O)NC(C)c1ccc(C(=O)OC(C)(C)C)cc1. The van der Waals surface area contributed by atoms with Crippen LogP contribution in [0.3, 0.4) is 0 Å². The Hall–Kier alpha value is -1.93. The molecule has 0 aliphatic carbocycles. The molecule has 1 atom stereocenters. The predicted octanol–water partition coefficient (Wildman–Crippen LogP) is 2.19. The number of rotatable bonds is 7. The van der Waals surface area contributed by atoms with Crippen LogP contribution in [0.4, 0.5) is 0 Å². The summed E-state index contributed by atoms with van der Waals surface area (Å²) in [5.41, 5.74) is 0.436. The van der Waals surface area contributed by atoms with Crippen molar-refractivity contribution < 1.29 is 27.5 Å². The highest BCUT2D eigenvalue weighted by Gasteiger charge is 2.21. The molecule has 0 heterocycles. The van der Waals surface area contributed by atoms with E-state index in [1.54, 1.807) is 58.9 Å². The normalized spacial score (nSPS) is 13.2. The minimum atomic E-state index is -3.82. The lowest BCUT2D eigenvalue weighted by Crippen LogP contribution is -2.33. The molecule has 1 rings (SSSR count). The summed E-state index contributed by atoms with van der Waals surface area (Å²) >= 11 is 0. The van der Waals surface area contributed by atoms with Gasteiger partial charge in [-0.05, 0) is 52.3 Å². The molecule has 0 fully saturated rings. The molecule has 1 unspecified atom stereocenters. The van der Waals surface area contributed by atoms with Crippen molar-refractivity contribution in [1.29, 1.82) is 0 Å². The van der Waals surface area contributed by atoms with E-state index in [9.17, 15) is 18.0 Å². The van der Waals surface area contributed by atoms with Crippen LogP contribution in [0, 0.1) is 0 Å². The van der Waals surface area contributed by atoms with Gasteiger partial charge in [-0.15, -0.1) is 0 Å². The third kappa shape index (κ3) is 7.66. The fourth-order valence-corrected chi connectivity index (χ4v) is 3.13. The van der Waals surface area contributed by atoms with Crippen LogP contribution in [-0.4, -0.2) is 38.3 Å². The van der Waals surface area contributed by atoms with E-state index in [4.69, 9.17) is 4.74 Å². The van der Waals surface area contributed by atoms with Crippen molar-refractivity contribution in [1.82, 2.24) is 4.72 Å². The zero-order valence-corrected chi connectivity index (χ0v) is 16.0. The molecule has 1 aromatic carbocycles. The molecule has 8 heteroatoms. The standard InChI is InChI=1S/C17H25NO6S/c1-6-23-15(19)11-25(21,22)18-12(2)13-7-9-14(10-8-13)16(20)24-17(3,4)5/h7-10,12,18H,6,11H2,1-5H3. The van der Waals surface area contributed by atoms with Crippen LogP contribution in [0.15, 0.2) is 24.3 Å². The van der Waals surface area contributed by atoms with Gasteiger partial charge in [-0.1, -0.05) is 12.1 Å². The molecular formula is C17H25NO6S. The molecule has 1 N–H and O–H groups in total. The van der Waals surface area contributed by atoms with E-state index >= 15 is 0 Å². The molecule has 0 saturated heterocycles. The van der Waals surface area contributed by atoms with Gasteiger partial charge in [-0.25, -0.2) is 17.9 Å². The van der Waals surface area contributed by atoms with Gasteiger partial charge in [0.1, 0.15) is 5.60 Å². The second-order valence-electron chi connectivity index (χ2n) is 6.53. The quantitative estimate of drug-likeness (QED) is 0.738. The Morgan fingerprint density at radius 1 is 1.16 bits per heavy atom. The van der Waals surface area contributed by atoms with Gasteiger partial charge in [0.25, 0.3) is 0 Å². The van der Waals surface area contributed by atoms with Crippen LogP contribution in [-0.2, 0) is 24.3 Å². The molecule has 25 heavy (non-hydrogen) atoms. The number of esters is 2. The van der Waals surface area contributed by atoms with Gasteiger partial charge in [0.2, 0.25) is 10.0 Å². The lowest BCUT2D eigenvalue weighted by atomic mass is 10.1. The predicted molar refractivity (Wildman–Crippen MR) is 93.6 cm³/mol. The Kier molecular flexibility index (Phi) is 7.13. The number of ether oxygens (including phenoxy) is 2. The fraction of sp³-hybridized carbons (Fsp3) is 0.529. The van der Waals surface area contributed by atoms with Crippen LogP contribution in [0.25, 0.3) is 0 Å². The third-order valence-electron chi connectivity index (χ3n) is 3.01. The van der Waals surface area contributed by atoms with Crippen molar-refractivity contribution in [3.63, 3.8) is 0 Å². The first-order chi connectivity index (χ1) is 11.4. The van der Waals surface area contributed by atoms with E-state index < -0.39 is 39.4 Å². The average molecular weight is 371 g/mol. The number of benzene rings is 1. The highest BCUT2D eigenvalue weighted by Crippen LogP contribution is 2.17. The summed E-state index contributed by atoms with van der Waals surface area (Å²) in [6.07, 6.45) is 0. The summed E-state index contributed by atoms with van der Waals surface area (Å²) in [6, 6.07) is 5.85. The first-order valence-corrected chi connectivity index (χ1v) is 9.57. The maximum atomic E-state index is 12.0. The Balaban J connectivity index is 2.75. The molecule has 1 aromatic rings. The molecular weight excluding hydrogens is 346 g/mol. The molecule has 7 nitrogen and oxygen atoms in total. The van der Waals surface area contributed by atoms with Gasteiger partial charge in [0, 0.05) is 6.04 Å². The summed E-state index contributed by atoms with van der Waals surface area (Å²) in [4.78, 5) is 23.3. The maximum Gasteiger partial charge on any atom is 0.338 e. The molecule has 140 valence electrons. The minimum Gasteiger partial charge on any atom is -0.465 e. The van der Waals surface area contributed by atoms with E-state index in [-0.39, 0.29) is 6.61 Å². The van der Waals surface area contributed by atoms with E-state index in [0.29, 0.717) is 11.1 Å². The van der Waals surface area contributed by atoms with Gasteiger partial charge >= 0.3 is 11.9 Å². The van der Waals surface area contributed by atoms with Gasteiger partial charge in [0.15, 0.2) is 5.75 Å². The first-order valence-electron chi connectivity index (χ1n) is 7.92. The molecule has 0 bridgehead atoms. The minimum absolute atomic E-state index is 0.121. The highest BCUT2D eigenvalue weighted by molar-refractivity contribution is 7.90. The monoisotopic (exact) mass is 371 g/mol. The number of carbonyl (C=O) groups excluding carboxylic acids is 2. The van der Waals surface area contributed by atoms with Gasteiger partial charge < -0.3 is 9.47 Å². The maximum absolute atomic E-state index is 12.0. The molecule has 0 amide bonds. The van der Waals surface area contributed by atoms with E-state index in [0.717, 1.165) is 0 Å². The van der Waals surface area contributed by atoms with Crippen molar-refractivity contribution in [3.8, 4) is 0 Å². The summed E-state index contributed by atoms with van der Waals surface area (Å²) in [7, 11) is -3.82. The van der Waals surface area contributed by atoms with Gasteiger partial charge in [0.05, 0.1) is 12.2 Å². The van der Waals surface area contributed by atoms with E-state index in [2.05, 4.69) is 9.46 Å². The second kappa shape index (κ2) is 8.44. The van der Waals surface area contributed by atoms with E-state index in [1.807, 2.05) is 0 Å². The van der Waals surface area contributed by atoms with Crippen LogP contribution in [0.2, 0.25) is 0 Å². The number of hydrogen-bond donors (Lipinski definition) is 1. The van der Waals surface area contributed by atoms with Crippen molar-refractivity contribution in [2.45, 2.75) is 46.3 Å². The highest BCUT2D eigenvalue weighted by atomic mass is 32.2. The van der Waals surface area contributed by atoms with Gasteiger partial charge in [-0.2, -0.15) is 0 Å². The molecule has 0 aromatic heterocycles. The number of nitrogens with one attached hydrogen (secondary N) is 1. The Bertz CT molecular complexity index is 704. The van der Waals surface area contributed by atoms with Crippen molar-refractivity contribution in [3.05, 3.63) is 35.4 Å². The summed E-state index contributed by atoms with van der Waals surface area (Å²) < 4.78 is 36.2. The topological polar surface area (TPSA) is 98.8 Å². The largest absolute Gasteiger partial charge is 0.465 e. The Morgan fingerprint density at radius 3 is 2.20 bits per heavy atom. The van der Waals surface area contributed by atoms with Crippen LogP contribution in [0.5, 0.6) is 0 Å². The molecule has 0 saturated carbocycles. The Labute approximate surface area is 148 Å². The second-order valence-corrected chi connectivity index (χ2v) is 8.28. The fourth-order valence-electron chi connectivity index (χ4n) is 1.98. The summed E-state index contributed by atoms with van der Waals surface area (Å²) in [5, 5.41) is 0. The average Bonchev–Trinajstić information content (AvgIpc) is 2.44. The zero-order valence-electron chi connectivity index (χ0n) is 15.2. The smallest absolute Gasteiger partial charge is 0.338 e. The van der Waals surface area contributed by atoms with Crippen molar-refractivity contribution in [2.24, 2.45) is 0 Å². The van der Waals surface area contributed by atoms with Crippen LogP contribution in [0.1, 0.15) is 56.6 Å². The Morgan fingerprint density at radius 2 is 1.72 bits per heavy atom. The van der Waals surface area contributed by atoms with Crippen molar-refractivity contribution in [2.75, 3.05) is 12.4 Å². The molecule has 0 aliphatic rings. The summed E-state index contributed by atoms with van der Waals surface area (Å²) in [5.74, 6) is -1.99. The number of sulfonamides is 1. The first kappa shape index (κ1) is 21.1. The lowest BCUT2D eigenvalue weighted by molar-refractivity contribution is -0.139. The zero-order chi connectivity index (χ0) is 19.3. The molecule has 0 spiro atoms. The van der Waals surface area contributed by atoms with E-state index in [1.165, 1.54) is 0 Å². The van der Waals surface area contributed by atoms with Crippen LogP contribution < -0.4 is 4.72 Å². The third-order valence-corrected chi connectivity index (χ3v) is 4.34. The van der Waals surface area contributed by atoms with Gasteiger partial charge in [-0.3, -0.25) is 4.79 Å². The van der Waals surface area contributed by atoms with Crippen LogP contribution >= 0.6 is 0 Å². The lowest BCUT2D eigenvalue weighted by Gasteiger charge is -2.20. The van der Waals surface area contributed by atoms with Crippen molar-refractivity contribution >= 4 is 22.0 Å². The molecule has 0 aliphatic heterocycles. The number of carbonyl (C=O) groups is 2.